The number of aromatic nitrogens is 1. The lowest BCUT2D eigenvalue weighted by Gasteiger charge is -1.86. The van der Waals surface area contributed by atoms with E-state index in [1.54, 1.807) is 11.3 Å². The number of carbonyl (C=O) groups is 1. The van der Waals surface area contributed by atoms with Crippen molar-refractivity contribution in [3.05, 3.63) is 15.6 Å². The summed E-state index contributed by atoms with van der Waals surface area (Å²) in [6, 6.07) is 0. The highest BCUT2D eigenvalue weighted by Crippen LogP contribution is 2.42. The van der Waals surface area contributed by atoms with Crippen molar-refractivity contribution in [1.82, 2.24) is 4.98 Å². The van der Waals surface area contributed by atoms with Gasteiger partial charge < -0.3 is 5.73 Å². The predicted octanol–water partition coefficient (Wildman–Crippen LogP) is 1.43. The van der Waals surface area contributed by atoms with Gasteiger partial charge in [-0.2, -0.15) is 0 Å². The fourth-order valence-corrected chi connectivity index (χ4v) is 2.25. The number of carbonyl (C=O) groups excluding carboxylic acids is 1. The van der Waals surface area contributed by atoms with Crippen molar-refractivity contribution in [2.24, 2.45) is 5.73 Å². The summed E-state index contributed by atoms with van der Waals surface area (Å²) in [4.78, 5) is 16.0. The maximum atomic E-state index is 10.8. The number of hydrogen-bond acceptors (Lipinski definition) is 3. The number of amides is 1. The zero-order valence-electron chi connectivity index (χ0n) is 6.83. The van der Waals surface area contributed by atoms with Gasteiger partial charge in [-0.1, -0.05) is 0 Å². The molecule has 3 nitrogen and oxygen atoms in total. The molecule has 0 aromatic carbocycles. The third kappa shape index (κ3) is 1.22. The molecule has 2 rings (SSSR count). The van der Waals surface area contributed by atoms with Crippen molar-refractivity contribution < 1.29 is 4.79 Å². The first-order chi connectivity index (χ1) is 5.68. The van der Waals surface area contributed by atoms with Crippen LogP contribution in [0.2, 0.25) is 0 Å². The Morgan fingerprint density at radius 3 is 2.75 bits per heavy atom. The van der Waals surface area contributed by atoms with Gasteiger partial charge in [0.25, 0.3) is 5.91 Å². The van der Waals surface area contributed by atoms with E-state index in [2.05, 4.69) is 4.98 Å². The van der Waals surface area contributed by atoms with E-state index in [-0.39, 0.29) is 0 Å². The molecule has 1 saturated carbocycles. The summed E-state index contributed by atoms with van der Waals surface area (Å²) in [5.74, 6) is 0.206. The largest absolute Gasteiger partial charge is 0.364 e. The Bertz CT molecular complexity index is 328. The van der Waals surface area contributed by atoms with Crippen LogP contribution in [-0.2, 0) is 0 Å². The minimum Gasteiger partial charge on any atom is -0.364 e. The molecule has 64 valence electrons. The molecule has 0 aliphatic heterocycles. The molecule has 0 unspecified atom stereocenters. The van der Waals surface area contributed by atoms with Crippen LogP contribution >= 0.6 is 11.3 Å². The van der Waals surface area contributed by atoms with E-state index >= 15 is 0 Å². The van der Waals surface area contributed by atoms with E-state index < -0.39 is 5.91 Å². The molecule has 0 radical (unpaired) electrons. The van der Waals surface area contributed by atoms with Crippen LogP contribution in [-0.4, -0.2) is 10.9 Å². The van der Waals surface area contributed by atoms with Crippen molar-refractivity contribution in [2.45, 2.75) is 25.7 Å². The highest BCUT2D eigenvalue weighted by Gasteiger charge is 2.28. The highest BCUT2D eigenvalue weighted by molar-refractivity contribution is 7.12. The summed E-state index contributed by atoms with van der Waals surface area (Å²) in [5.41, 5.74) is 5.61. The van der Waals surface area contributed by atoms with Crippen molar-refractivity contribution in [3.63, 3.8) is 0 Å². The van der Waals surface area contributed by atoms with Gasteiger partial charge in [0.05, 0.1) is 5.01 Å². The predicted molar refractivity (Wildman–Crippen MR) is 47.3 cm³/mol. The molecule has 2 N–H and O–H groups in total. The number of nitrogens with zero attached hydrogens (tertiary/aromatic N) is 1. The molecule has 4 heteroatoms. The van der Waals surface area contributed by atoms with Gasteiger partial charge in [-0.3, -0.25) is 4.79 Å². The first kappa shape index (κ1) is 7.73. The van der Waals surface area contributed by atoms with Crippen molar-refractivity contribution in [3.8, 4) is 0 Å². The van der Waals surface area contributed by atoms with Crippen LogP contribution in [0.25, 0.3) is 0 Å². The molecule has 0 bridgehead atoms. The number of aryl methyl sites for hydroxylation is 1. The molecule has 12 heavy (non-hydrogen) atoms. The summed E-state index contributed by atoms with van der Waals surface area (Å²) < 4.78 is 0. The Labute approximate surface area is 74.6 Å². The molecule has 0 saturated heterocycles. The van der Waals surface area contributed by atoms with Gasteiger partial charge in [0.2, 0.25) is 0 Å². The highest BCUT2D eigenvalue weighted by atomic mass is 32.1. The fourth-order valence-electron chi connectivity index (χ4n) is 1.15. The van der Waals surface area contributed by atoms with Crippen LogP contribution in [0.4, 0.5) is 0 Å². The third-order valence-corrected chi connectivity index (χ3v) is 3.11. The molecular weight excluding hydrogens is 172 g/mol. The Balaban J connectivity index is 2.36. The lowest BCUT2D eigenvalue weighted by molar-refractivity contribution is 0.0995. The van der Waals surface area contributed by atoms with Gasteiger partial charge in [0, 0.05) is 10.8 Å². The van der Waals surface area contributed by atoms with Crippen molar-refractivity contribution in [1.29, 1.82) is 0 Å². The fraction of sp³-hybridized carbons (Fsp3) is 0.500. The van der Waals surface area contributed by atoms with E-state index in [0.717, 1.165) is 9.88 Å². The summed E-state index contributed by atoms with van der Waals surface area (Å²) in [5, 5.41) is 1.08. The zero-order valence-corrected chi connectivity index (χ0v) is 7.65. The van der Waals surface area contributed by atoms with Gasteiger partial charge in [-0.15, -0.1) is 11.3 Å². The first-order valence-corrected chi connectivity index (χ1v) is 4.77. The topological polar surface area (TPSA) is 56.0 Å². The number of primary amides is 1. The van der Waals surface area contributed by atoms with E-state index in [9.17, 15) is 4.79 Å². The van der Waals surface area contributed by atoms with Crippen LogP contribution in [0.3, 0.4) is 0 Å². The molecule has 1 aromatic heterocycles. The molecule has 1 fully saturated rings. The quantitative estimate of drug-likeness (QED) is 0.752. The standard InChI is InChI=1S/C8H10N2OS/c1-4-6(7(9)11)10-8(12-4)5-2-3-5/h5H,2-3H2,1H3,(H2,9,11). The summed E-state index contributed by atoms with van der Waals surface area (Å²) >= 11 is 1.60. The average Bonchev–Trinajstić information content (AvgIpc) is 2.75. The van der Waals surface area contributed by atoms with Gasteiger partial charge in [-0.05, 0) is 19.8 Å². The first-order valence-electron chi connectivity index (χ1n) is 3.95. The molecule has 0 atom stereocenters. The zero-order chi connectivity index (χ0) is 8.72. The van der Waals surface area contributed by atoms with E-state index in [4.69, 9.17) is 5.73 Å². The number of hydrogen-bond donors (Lipinski definition) is 1. The smallest absolute Gasteiger partial charge is 0.268 e. The van der Waals surface area contributed by atoms with Gasteiger partial charge in [-0.25, -0.2) is 4.98 Å². The molecular formula is C8H10N2OS. The number of thiazole rings is 1. The Hall–Kier alpha value is -0.900. The molecule has 1 aromatic rings. The summed E-state index contributed by atoms with van der Waals surface area (Å²) in [6.07, 6.45) is 2.43. The Morgan fingerprint density at radius 1 is 1.67 bits per heavy atom. The van der Waals surface area contributed by atoms with Crippen LogP contribution in [0.15, 0.2) is 0 Å². The molecule has 1 amide bonds. The van der Waals surface area contributed by atoms with Crippen LogP contribution in [0.1, 0.15) is 39.1 Å². The van der Waals surface area contributed by atoms with E-state index in [1.165, 1.54) is 12.8 Å². The van der Waals surface area contributed by atoms with Gasteiger partial charge in [0.15, 0.2) is 0 Å². The van der Waals surface area contributed by atoms with E-state index in [1.807, 2.05) is 6.92 Å². The monoisotopic (exact) mass is 182 g/mol. The third-order valence-electron chi connectivity index (χ3n) is 1.97. The summed E-state index contributed by atoms with van der Waals surface area (Å²) in [6.45, 7) is 1.89. The van der Waals surface area contributed by atoms with Crippen molar-refractivity contribution >= 4 is 17.2 Å². The summed E-state index contributed by atoms with van der Waals surface area (Å²) in [7, 11) is 0. The second-order valence-corrected chi connectivity index (χ2v) is 4.33. The lowest BCUT2D eigenvalue weighted by atomic mass is 10.3. The second kappa shape index (κ2) is 2.55. The normalized spacial score (nSPS) is 16.4. The SMILES string of the molecule is Cc1sc(C2CC2)nc1C(N)=O. The molecule has 1 heterocycles. The minimum absolute atomic E-state index is 0.407. The second-order valence-electron chi connectivity index (χ2n) is 3.10. The Morgan fingerprint density at radius 2 is 2.33 bits per heavy atom. The van der Waals surface area contributed by atoms with Gasteiger partial charge >= 0.3 is 0 Å². The van der Waals surface area contributed by atoms with Crippen LogP contribution in [0.5, 0.6) is 0 Å². The maximum absolute atomic E-state index is 10.8. The molecule has 1 aliphatic carbocycles. The van der Waals surface area contributed by atoms with Crippen LogP contribution in [0, 0.1) is 6.92 Å². The minimum atomic E-state index is -0.407. The number of nitrogens with two attached hydrogens (primary N) is 1. The van der Waals surface area contributed by atoms with Gasteiger partial charge in [0.1, 0.15) is 5.69 Å². The molecule has 0 spiro atoms. The number of rotatable bonds is 2. The average molecular weight is 182 g/mol. The lowest BCUT2D eigenvalue weighted by Crippen LogP contribution is -2.12. The maximum Gasteiger partial charge on any atom is 0.268 e. The molecule has 1 aliphatic rings. The van der Waals surface area contributed by atoms with E-state index in [0.29, 0.717) is 11.6 Å². The van der Waals surface area contributed by atoms with Crippen LogP contribution < -0.4 is 5.73 Å². The van der Waals surface area contributed by atoms with Crippen molar-refractivity contribution in [2.75, 3.05) is 0 Å². The Kier molecular flexibility index (Phi) is 1.65.